The standard InChI is InChI=1S/C14H27N3/c1-4-5-6-7-8-9-10-15-11-14-12(2)16-17-13(14)3/h15H,4-11H2,1-3H3,(H,16,17). The number of hydrogen-bond acceptors (Lipinski definition) is 2. The molecule has 2 N–H and O–H groups in total. The maximum Gasteiger partial charge on any atom is 0.0638 e. The fourth-order valence-corrected chi connectivity index (χ4v) is 2.08. The van der Waals surface area contributed by atoms with Gasteiger partial charge in [-0.05, 0) is 26.8 Å². The minimum Gasteiger partial charge on any atom is -0.313 e. The Morgan fingerprint density at radius 2 is 1.76 bits per heavy atom. The number of aromatic nitrogens is 2. The summed E-state index contributed by atoms with van der Waals surface area (Å²) in [6.45, 7) is 8.48. The van der Waals surface area contributed by atoms with Gasteiger partial charge in [0.1, 0.15) is 0 Å². The van der Waals surface area contributed by atoms with E-state index >= 15 is 0 Å². The molecule has 0 saturated heterocycles. The van der Waals surface area contributed by atoms with Crippen molar-refractivity contribution >= 4 is 0 Å². The van der Waals surface area contributed by atoms with Crippen molar-refractivity contribution in [1.82, 2.24) is 15.5 Å². The Morgan fingerprint density at radius 3 is 2.41 bits per heavy atom. The van der Waals surface area contributed by atoms with Gasteiger partial charge in [0.15, 0.2) is 0 Å². The molecular weight excluding hydrogens is 210 g/mol. The van der Waals surface area contributed by atoms with Crippen LogP contribution in [0, 0.1) is 13.8 Å². The number of nitrogens with zero attached hydrogens (tertiary/aromatic N) is 1. The van der Waals surface area contributed by atoms with Gasteiger partial charge < -0.3 is 5.32 Å². The Hall–Kier alpha value is -0.830. The molecule has 1 heterocycles. The lowest BCUT2D eigenvalue weighted by Crippen LogP contribution is -2.15. The zero-order chi connectivity index (χ0) is 12.5. The molecule has 0 radical (unpaired) electrons. The lowest BCUT2D eigenvalue weighted by Gasteiger charge is -2.05. The van der Waals surface area contributed by atoms with E-state index in [4.69, 9.17) is 0 Å². The highest BCUT2D eigenvalue weighted by Gasteiger charge is 2.04. The molecule has 0 aliphatic carbocycles. The first-order valence-corrected chi connectivity index (χ1v) is 6.96. The van der Waals surface area contributed by atoms with Crippen LogP contribution in [0.3, 0.4) is 0 Å². The Balaban J connectivity index is 2.01. The molecule has 0 amide bonds. The second-order valence-corrected chi connectivity index (χ2v) is 4.86. The van der Waals surface area contributed by atoms with Crippen molar-refractivity contribution in [2.24, 2.45) is 0 Å². The van der Waals surface area contributed by atoms with Crippen LogP contribution >= 0.6 is 0 Å². The van der Waals surface area contributed by atoms with E-state index in [1.165, 1.54) is 49.8 Å². The Morgan fingerprint density at radius 1 is 1.06 bits per heavy atom. The van der Waals surface area contributed by atoms with E-state index in [1.54, 1.807) is 0 Å². The number of unbranched alkanes of at least 4 members (excludes halogenated alkanes) is 5. The lowest BCUT2D eigenvalue weighted by molar-refractivity contribution is 0.571. The highest BCUT2D eigenvalue weighted by Crippen LogP contribution is 2.08. The average Bonchev–Trinajstić information content (AvgIpc) is 2.63. The minimum atomic E-state index is 0.948. The van der Waals surface area contributed by atoms with Gasteiger partial charge in [-0.25, -0.2) is 0 Å². The topological polar surface area (TPSA) is 40.7 Å². The van der Waals surface area contributed by atoms with E-state index in [2.05, 4.69) is 36.3 Å². The van der Waals surface area contributed by atoms with Crippen LogP contribution in [-0.4, -0.2) is 16.7 Å². The van der Waals surface area contributed by atoms with Gasteiger partial charge in [0.25, 0.3) is 0 Å². The van der Waals surface area contributed by atoms with E-state index in [1.807, 2.05) is 0 Å². The summed E-state index contributed by atoms with van der Waals surface area (Å²) in [7, 11) is 0. The molecule has 0 atom stereocenters. The Kier molecular flexibility index (Phi) is 6.94. The first-order chi connectivity index (χ1) is 8.25. The summed E-state index contributed by atoms with van der Waals surface area (Å²) in [6, 6.07) is 0. The molecule has 0 spiro atoms. The summed E-state index contributed by atoms with van der Waals surface area (Å²) >= 11 is 0. The first kappa shape index (κ1) is 14.2. The molecule has 1 rings (SSSR count). The molecule has 3 heteroatoms. The summed E-state index contributed by atoms with van der Waals surface area (Å²) < 4.78 is 0. The van der Waals surface area contributed by atoms with E-state index in [0.717, 1.165) is 18.8 Å². The molecule has 1 aromatic heterocycles. The van der Waals surface area contributed by atoms with Crippen LogP contribution in [0.15, 0.2) is 0 Å². The van der Waals surface area contributed by atoms with Crippen LogP contribution in [0.25, 0.3) is 0 Å². The van der Waals surface area contributed by atoms with Crippen LogP contribution in [-0.2, 0) is 6.54 Å². The minimum absolute atomic E-state index is 0.948. The highest BCUT2D eigenvalue weighted by atomic mass is 15.1. The fraction of sp³-hybridized carbons (Fsp3) is 0.786. The first-order valence-electron chi connectivity index (χ1n) is 6.96. The third-order valence-electron chi connectivity index (χ3n) is 3.29. The van der Waals surface area contributed by atoms with Crippen molar-refractivity contribution < 1.29 is 0 Å². The monoisotopic (exact) mass is 237 g/mol. The summed E-state index contributed by atoms with van der Waals surface area (Å²) in [4.78, 5) is 0. The molecule has 0 unspecified atom stereocenters. The Bertz CT molecular complexity index is 285. The normalized spacial score (nSPS) is 11.0. The smallest absolute Gasteiger partial charge is 0.0638 e. The molecule has 0 aliphatic rings. The third-order valence-corrected chi connectivity index (χ3v) is 3.29. The van der Waals surface area contributed by atoms with Gasteiger partial charge in [0.2, 0.25) is 0 Å². The predicted octanol–water partition coefficient (Wildman–Crippen LogP) is 3.48. The fourth-order valence-electron chi connectivity index (χ4n) is 2.08. The number of rotatable bonds is 9. The molecule has 0 aromatic carbocycles. The zero-order valence-electron chi connectivity index (χ0n) is 11.6. The second-order valence-electron chi connectivity index (χ2n) is 4.86. The zero-order valence-corrected chi connectivity index (χ0v) is 11.6. The summed E-state index contributed by atoms with van der Waals surface area (Å²) in [6.07, 6.45) is 8.16. The summed E-state index contributed by atoms with van der Waals surface area (Å²) in [5.41, 5.74) is 3.65. The SMILES string of the molecule is CCCCCCCCNCc1c(C)n[nH]c1C. The van der Waals surface area contributed by atoms with Gasteiger partial charge >= 0.3 is 0 Å². The second kappa shape index (κ2) is 8.29. The van der Waals surface area contributed by atoms with Crippen LogP contribution in [0.5, 0.6) is 0 Å². The third kappa shape index (κ3) is 5.35. The summed E-state index contributed by atoms with van der Waals surface area (Å²) in [5, 5.41) is 10.7. The molecule has 17 heavy (non-hydrogen) atoms. The van der Waals surface area contributed by atoms with Crippen molar-refractivity contribution in [2.45, 2.75) is 65.8 Å². The molecule has 0 aliphatic heterocycles. The van der Waals surface area contributed by atoms with Gasteiger partial charge in [-0.2, -0.15) is 5.10 Å². The van der Waals surface area contributed by atoms with Crippen molar-refractivity contribution in [2.75, 3.05) is 6.54 Å². The van der Waals surface area contributed by atoms with E-state index in [9.17, 15) is 0 Å². The van der Waals surface area contributed by atoms with Gasteiger partial charge in [-0.1, -0.05) is 39.0 Å². The number of H-pyrrole nitrogens is 1. The molecule has 1 aromatic rings. The van der Waals surface area contributed by atoms with Gasteiger partial charge in [0.05, 0.1) is 5.69 Å². The maximum atomic E-state index is 4.20. The lowest BCUT2D eigenvalue weighted by atomic mass is 10.1. The maximum absolute atomic E-state index is 4.20. The molecule has 0 fully saturated rings. The van der Waals surface area contributed by atoms with Crippen LogP contribution in [0.2, 0.25) is 0 Å². The molecule has 3 nitrogen and oxygen atoms in total. The number of nitrogens with one attached hydrogen (secondary N) is 2. The van der Waals surface area contributed by atoms with E-state index in [-0.39, 0.29) is 0 Å². The molecule has 0 bridgehead atoms. The number of aromatic amines is 1. The van der Waals surface area contributed by atoms with Crippen molar-refractivity contribution in [3.8, 4) is 0 Å². The average molecular weight is 237 g/mol. The summed E-state index contributed by atoms with van der Waals surface area (Å²) in [5.74, 6) is 0. The predicted molar refractivity (Wildman–Crippen MR) is 73.1 cm³/mol. The van der Waals surface area contributed by atoms with E-state index in [0.29, 0.717) is 0 Å². The van der Waals surface area contributed by atoms with Gasteiger partial charge in [0, 0.05) is 17.8 Å². The van der Waals surface area contributed by atoms with Gasteiger partial charge in [-0.15, -0.1) is 0 Å². The van der Waals surface area contributed by atoms with Crippen LogP contribution < -0.4 is 5.32 Å². The van der Waals surface area contributed by atoms with Crippen molar-refractivity contribution in [3.63, 3.8) is 0 Å². The number of hydrogen-bond donors (Lipinski definition) is 2. The Labute approximate surface area is 105 Å². The van der Waals surface area contributed by atoms with E-state index < -0.39 is 0 Å². The molecule has 98 valence electrons. The molecular formula is C14H27N3. The van der Waals surface area contributed by atoms with Gasteiger partial charge in [-0.3, -0.25) is 5.10 Å². The quantitative estimate of drug-likeness (QED) is 0.646. The highest BCUT2D eigenvalue weighted by molar-refractivity contribution is 5.22. The van der Waals surface area contributed by atoms with Crippen LogP contribution in [0.4, 0.5) is 0 Å². The van der Waals surface area contributed by atoms with Crippen molar-refractivity contribution in [3.05, 3.63) is 17.0 Å². The number of aryl methyl sites for hydroxylation is 2. The van der Waals surface area contributed by atoms with Crippen LogP contribution in [0.1, 0.15) is 62.4 Å². The largest absolute Gasteiger partial charge is 0.313 e. The van der Waals surface area contributed by atoms with Crippen molar-refractivity contribution in [1.29, 1.82) is 0 Å². The molecule has 0 saturated carbocycles.